The van der Waals surface area contributed by atoms with Gasteiger partial charge in [0, 0.05) is 0 Å². The fraction of sp³-hybridized carbons (Fsp3) is 0.176. The topological polar surface area (TPSA) is 105 Å². The number of thiophene rings is 1. The largest absolute Gasteiger partial charge is 0.420 e. The molecule has 0 saturated heterocycles. The molecule has 3 rings (SSSR count). The van der Waals surface area contributed by atoms with Gasteiger partial charge in [0.05, 0.1) is 16.0 Å². The van der Waals surface area contributed by atoms with Crippen LogP contribution in [-0.2, 0) is 11.3 Å². The lowest BCUT2D eigenvalue weighted by Gasteiger charge is -2.04. The average molecular weight is 355 g/mol. The zero-order valence-electron chi connectivity index (χ0n) is 13.5. The minimum Gasteiger partial charge on any atom is -0.408 e. The van der Waals surface area contributed by atoms with Crippen LogP contribution in [0.25, 0.3) is 11.1 Å². The number of Topliss-reactive ketones (excluding diaryl/α,β-unsaturated/α-hetero) is 1. The second-order valence-electron chi connectivity index (χ2n) is 5.40. The molecule has 0 unspecified atom stereocenters. The van der Waals surface area contributed by atoms with Crippen molar-refractivity contribution >= 4 is 39.1 Å². The molecule has 1 aromatic carbocycles. The minimum absolute atomic E-state index is 0.170. The van der Waals surface area contributed by atoms with Crippen molar-refractivity contribution in [3.05, 3.63) is 50.8 Å². The number of amides is 1. The van der Waals surface area contributed by atoms with E-state index in [1.54, 1.807) is 31.2 Å². The third-order valence-electron chi connectivity index (χ3n) is 3.71. The van der Waals surface area contributed by atoms with Crippen molar-refractivity contribution < 1.29 is 14.0 Å². The van der Waals surface area contributed by atoms with Gasteiger partial charge in [0.1, 0.15) is 17.6 Å². The molecule has 8 heteroatoms. The number of nitriles is 1. The summed E-state index contributed by atoms with van der Waals surface area (Å²) in [6.45, 7) is 2.81. The Kier molecular flexibility index (Phi) is 4.25. The van der Waals surface area contributed by atoms with Gasteiger partial charge in [-0.3, -0.25) is 14.2 Å². The maximum Gasteiger partial charge on any atom is 0.420 e. The number of fused-ring (bicyclic) bond motifs is 1. The van der Waals surface area contributed by atoms with Crippen LogP contribution in [0.1, 0.15) is 27.7 Å². The van der Waals surface area contributed by atoms with Crippen LogP contribution in [0.4, 0.5) is 5.00 Å². The molecule has 0 aliphatic heterocycles. The zero-order valence-corrected chi connectivity index (χ0v) is 14.3. The molecule has 126 valence electrons. The van der Waals surface area contributed by atoms with E-state index in [1.807, 2.05) is 6.07 Å². The number of nitrogens with one attached hydrogen (secondary N) is 1. The maximum atomic E-state index is 12.3. The monoisotopic (exact) mass is 355 g/mol. The molecule has 0 radical (unpaired) electrons. The molecule has 25 heavy (non-hydrogen) atoms. The third kappa shape index (κ3) is 2.97. The molecule has 1 amide bonds. The van der Waals surface area contributed by atoms with Gasteiger partial charge in [-0.05, 0) is 31.5 Å². The van der Waals surface area contributed by atoms with Crippen LogP contribution in [0.3, 0.4) is 0 Å². The van der Waals surface area contributed by atoms with Crippen molar-refractivity contribution in [1.29, 1.82) is 5.26 Å². The third-order valence-corrected chi connectivity index (χ3v) is 5.01. The van der Waals surface area contributed by atoms with E-state index in [0.29, 0.717) is 26.5 Å². The minimum atomic E-state index is -0.636. The highest BCUT2D eigenvalue weighted by molar-refractivity contribution is 7.18. The molecule has 0 spiro atoms. The van der Waals surface area contributed by atoms with Crippen molar-refractivity contribution in [2.24, 2.45) is 0 Å². The van der Waals surface area contributed by atoms with Gasteiger partial charge >= 0.3 is 5.76 Å². The number of ketones is 1. The van der Waals surface area contributed by atoms with Crippen LogP contribution in [0.2, 0.25) is 0 Å². The Bertz CT molecular complexity index is 1100. The Labute approximate surface area is 146 Å². The number of benzene rings is 1. The molecule has 0 fully saturated rings. The highest BCUT2D eigenvalue weighted by Gasteiger charge is 2.20. The molecular weight excluding hydrogens is 342 g/mol. The summed E-state index contributed by atoms with van der Waals surface area (Å²) in [6, 6.07) is 8.78. The summed E-state index contributed by atoms with van der Waals surface area (Å²) in [7, 11) is 0. The predicted octanol–water partition coefficient (Wildman–Crippen LogP) is 2.68. The van der Waals surface area contributed by atoms with Crippen LogP contribution in [0.5, 0.6) is 0 Å². The molecule has 2 aromatic heterocycles. The number of nitrogens with zero attached hydrogens (tertiary/aromatic N) is 2. The van der Waals surface area contributed by atoms with Gasteiger partial charge in [0.2, 0.25) is 5.91 Å². The summed E-state index contributed by atoms with van der Waals surface area (Å²) in [6.07, 6.45) is 0. The lowest BCUT2D eigenvalue weighted by atomic mass is 10.1. The van der Waals surface area contributed by atoms with Gasteiger partial charge in [-0.2, -0.15) is 5.26 Å². The predicted molar refractivity (Wildman–Crippen MR) is 92.9 cm³/mol. The molecule has 2 heterocycles. The normalized spacial score (nSPS) is 10.6. The van der Waals surface area contributed by atoms with Gasteiger partial charge in [0.15, 0.2) is 11.4 Å². The second kappa shape index (κ2) is 6.37. The summed E-state index contributed by atoms with van der Waals surface area (Å²) >= 11 is 1.05. The Balaban J connectivity index is 1.90. The lowest BCUT2D eigenvalue weighted by molar-refractivity contribution is -0.116. The number of hydrogen-bond donors (Lipinski definition) is 1. The van der Waals surface area contributed by atoms with E-state index in [2.05, 4.69) is 5.32 Å². The first-order valence-electron chi connectivity index (χ1n) is 7.35. The van der Waals surface area contributed by atoms with Crippen molar-refractivity contribution in [2.75, 3.05) is 5.32 Å². The number of oxazole rings is 1. The van der Waals surface area contributed by atoms with Crippen LogP contribution in [0.15, 0.2) is 33.5 Å². The first-order valence-corrected chi connectivity index (χ1v) is 8.16. The summed E-state index contributed by atoms with van der Waals surface area (Å²) in [4.78, 5) is 36.3. The van der Waals surface area contributed by atoms with Crippen molar-refractivity contribution in [3.8, 4) is 6.07 Å². The van der Waals surface area contributed by atoms with E-state index in [4.69, 9.17) is 4.42 Å². The molecule has 0 bridgehead atoms. The molecule has 1 N–H and O–H groups in total. The van der Waals surface area contributed by atoms with Crippen molar-refractivity contribution in [3.63, 3.8) is 0 Å². The van der Waals surface area contributed by atoms with E-state index >= 15 is 0 Å². The second-order valence-corrected chi connectivity index (χ2v) is 6.42. The quantitative estimate of drug-likeness (QED) is 0.724. The maximum absolute atomic E-state index is 12.3. The fourth-order valence-electron chi connectivity index (χ4n) is 2.55. The van der Waals surface area contributed by atoms with Crippen LogP contribution >= 0.6 is 11.3 Å². The first kappa shape index (κ1) is 16.7. The molecule has 3 aromatic rings. The summed E-state index contributed by atoms with van der Waals surface area (Å²) in [5, 5.41) is 12.2. The number of carbonyl (C=O) groups is 2. The van der Waals surface area contributed by atoms with Crippen LogP contribution < -0.4 is 11.1 Å². The van der Waals surface area contributed by atoms with E-state index in [-0.39, 0.29) is 17.9 Å². The molecule has 0 atom stereocenters. The molecular formula is C17H13N3O4S. The van der Waals surface area contributed by atoms with Crippen LogP contribution in [0, 0.1) is 18.3 Å². The molecule has 0 saturated carbocycles. The van der Waals surface area contributed by atoms with Gasteiger partial charge in [-0.25, -0.2) is 4.79 Å². The van der Waals surface area contributed by atoms with Crippen LogP contribution in [-0.4, -0.2) is 16.3 Å². The van der Waals surface area contributed by atoms with Gasteiger partial charge in [-0.15, -0.1) is 11.3 Å². The number of para-hydroxylation sites is 2. The van der Waals surface area contributed by atoms with Crippen molar-refractivity contribution in [1.82, 2.24) is 4.57 Å². The number of carbonyl (C=O) groups excluding carboxylic acids is 2. The Morgan fingerprint density at radius 2 is 2.08 bits per heavy atom. The SMILES string of the molecule is CC(=O)c1sc(NC(=O)Cn2c(=O)oc3ccccc32)c(C#N)c1C. The number of aromatic nitrogens is 1. The van der Waals surface area contributed by atoms with E-state index < -0.39 is 11.7 Å². The first-order chi connectivity index (χ1) is 11.9. The summed E-state index contributed by atoms with van der Waals surface area (Å²) < 4.78 is 6.29. The standard InChI is InChI=1S/C17H13N3O4S/c1-9-11(7-18)16(25-15(9)10(2)21)19-14(22)8-20-12-5-3-4-6-13(12)24-17(20)23/h3-6H,8H2,1-2H3,(H,19,22). The van der Waals surface area contributed by atoms with E-state index in [1.165, 1.54) is 11.5 Å². The van der Waals surface area contributed by atoms with E-state index in [9.17, 15) is 19.6 Å². The zero-order chi connectivity index (χ0) is 18.1. The smallest absolute Gasteiger partial charge is 0.408 e. The van der Waals surface area contributed by atoms with Crippen molar-refractivity contribution in [2.45, 2.75) is 20.4 Å². The lowest BCUT2D eigenvalue weighted by Crippen LogP contribution is -2.24. The Hall–Kier alpha value is -3.18. The highest BCUT2D eigenvalue weighted by Crippen LogP contribution is 2.32. The Morgan fingerprint density at radius 1 is 1.36 bits per heavy atom. The fourth-order valence-corrected chi connectivity index (χ4v) is 3.61. The summed E-state index contributed by atoms with van der Waals surface area (Å²) in [5.74, 6) is -1.29. The Morgan fingerprint density at radius 3 is 2.76 bits per heavy atom. The summed E-state index contributed by atoms with van der Waals surface area (Å²) in [5.41, 5.74) is 1.70. The number of anilines is 1. The number of rotatable bonds is 4. The molecule has 7 nitrogen and oxygen atoms in total. The highest BCUT2D eigenvalue weighted by atomic mass is 32.1. The van der Waals surface area contributed by atoms with Gasteiger partial charge in [-0.1, -0.05) is 12.1 Å². The van der Waals surface area contributed by atoms with Gasteiger partial charge in [0.25, 0.3) is 0 Å². The molecule has 0 aliphatic rings. The van der Waals surface area contributed by atoms with Gasteiger partial charge < -0.3 is 9.73 Å². The number of hydrogen-bond acceptors (Lipinski definition) is 6. The average Bonchev–Trinajstić information content (AvgIpc) is 3.05. The molecule has 0 aliphatic carbocycles. The van der Waals surface area contributed by atoms with E-state index in [0.717, 1.165) is 11.3 Å².